The molecule has 1 fully saturated rings. The van der Waals surface area contributed by atoms with Crippen molar-refractivity contribution in [2.45, 2.75) is 51.6 Å². The number of carbonyl (C=O) groups is 1. The first kappa shape index (κ1) is 16.5. The van der Waals surface area contributed by atoms with Crippen molar-refractivity contribution in [3.8, 4) is 0 Å². The maximum atomic E-state index is 11.7. The third-order valence-corrected chi connectivity index (χ3v) is 4.93. The minimum Gasteiger partial charge on any atom is -0.458 e. The van der Waals surface area contributed by atoms with Crippen LogP contribution in [0.5, 0.6) is 0 Å². The van der Waals surface area contributed by atoms with E-state index in [4.69, 9.17) is 9.94 Å². The van der Waals surface area contributed by atoms with Crippen LogP contribution >= 0.6 is 0 Å². The van der Waals surface area contributed by atoms with E-state index in [1.807, 2.05) is 18.2 Å². The highest BCUT2D eigenvalue weighted by Crippen LogP contribution is 2.43. The Bertz CT molecular complexity index is 524. The molecule has 0 spiro atoms. The molecular formula is C18H25NO3. The van der Waals surface area contributed by atoms with E-state index in [2.05, 4.69) is 38.1 Å². The molecular weight excluding hydrogens is 278 g/mol. The normalized spacial score (nSPS) is 26.0. The predicted molar refractivity (Wildman–Crippen MR) is 86.1 cm³/mol. The van der Waals surface area contributed by atoms with Crippen LogP contribution in [-0.4, -0.2) is 23.5 Å². The number of nitrogens with zero attached hydrogens (tertiary/aromatic N) is 1. The molecule has 1 aliphatic carbocycles. The van der Waals surface area contributed by atoms with Gasteiger partial charge in [0.05, 0.1) is 0 Å². The Hall–Kier alpha value is -1.84. The van der Waals surface area contributed by atoms with Crippen LogP contribution < -0.4 is 0 Å². The van der Waals surface area contributed by atoms with Crippen LogP contribution in [0.1, 0.15) is 45.6 Å². The molecule has 0 radical (unpaired) electrons. The summed E-state index contributed by atoms with van der Waals surface area (Å²) in [6.45, 7) is 6.61. The zero-order valence-electron chi connectivity index (χ0n) is 13.5. The van der Waals surface area contributed by atoms with Crippen molar-refractivity contribution >= 4 is 12.2 Å². The van der Waals surface area contributed by atoms with Crippen molar-refractivity contribution in [1.82, 2.24) is 0 Å². The standard InChI is InChI=1S/C18H25NO3/c1-13-9-10-15(16(11-13)22-17(20)12-19-21)18(2,3)14-7-5-4-6-8-14/h4-8,12-13,15-16,21H,9-11H2,1-3H3/b19-12+/t13-,15-,16-/m1/s1. The van der Waals surface area contributed by atoms with Crippen molar-refractivity contribution < 1.29 is 14.7 Å². The molecule has 1 N–H and O–H groups in total. The van der Waals surface area contributed by atoms with Gasteiger partial charge in [-0.25, -0.2) is 4.79 Å². The number of esters is 1. The quantitative estimate of drug-likeness (QED) is 0.398. The van der Waals surface area contributed by atoms with Gasteiger partial charge < -0.3 is 9.94 Å². The lowest BCUT2D eigenvalue weighted by Crippen LogP contribution is -2.43. The van der Waals surface area contributed by atoms with E-state index in [9.17, 15) is 4.79 Å². The summed E-state index contributed by atoms with van der Waals surface area (Å²) in [6.07, 6.45) is 3.70. The highest BCUT2D eigenvalue weighted by atomic mass is 16.5. The van der Waals surface area contributed by atoms with E-state index in [-0.39, 0.29) is 17.4 Å². The third kappa shape index (κ3) is 3.67. The predicted octanol–water partition coefficient (Wildman–Crippen LogP) is 3.77. The number of benzene rings is 1. The fourth-order valence-electron chi connectivity index (χ4n) is 3.59. The Morgan fingerprint density at radius 3 is 2.64 bits per heavy atom. The second-order valence-electron chi connectivity index (χ2n) is 6.83. The van der Waals surface area contributed by atoms with E-state index in [0.29, 0.717) is 5.92 Å². The molecule has 1 aromatic carbocycles. The summed E-state index contributed by atoms with van der Waals surface area (Å²) >= 11 is 0. The van der Waals surface area contributed by atoms with Gasteiger partial charge >= 0.3 is 5.97 Å². The molecule has 120 valence electrons. The zero-order valence-corrected chi connectivity index (χ0v) is 13.5. The van der Waals surface area contributed by atoms with E-state index in [1.54, 1.807) is 0 Å². The molecule has 2 rings (SSSR count). The van der Waals surface area contributed by atoms with Crippen LogP contribution in [0, 0.1) is 11.8 Å². The van der Waals surface area contributed by atoms with Crippen molar-refractivity contribution in [3.63, 3.8) is 0 Å². The van der Waals surface area contributed by atoms with Gasteiger partial charge in [-0.15, -0.1) is 0 Å². The fraction of sp³-hybridized carbons (Fsp3) is 0.556. The van der Waals surface area contributed by atoms with Gasteiger partial charge in [0.1, 0.15) is 6.10 Å². The van der Waals surface area contributed by atoms with E-state index >= 15 is 0 Å². The first-order valence-electron chi connectivity index (χ1n) is 7.88. The second kappa shape index (κ2) is 6.95. The minimum absolute atomic E-state index is 0.0807. The Kier molecular flexibility index (Phi) is 5.22. The maximum absolute atomic E-state index is 11.7. The topological polar surface area (TPSA) is 58.9 Å². The van der Waals surface area contributed by atoms with Crippen LogP contribution in [0.2, 0.25) is 0 Å². The van der Waals surface area contributed by atoms with Crippen LogP contribution in [0.3, 0.4) is 0 Å². The number of oxime groups is 1. The fourth-order valence-corrected chi connectivity index (χ4v) is 3.59. The van der Waals surface area contributed by atoms with Gasteiger partial charge in [0.15, 0.2) is 6.21 Å². The minimum atomic E-state index is -0.574. The number of ether oxygens (including phenoxy) is 1. The van der Waals surface area contributed by atoms with Crippen molar-refractivity contribution in [2.75, 3.05) is 0 Å². The Morgan fingerprint density at radius 1 is 1.32 bits per heavy atom. The number of hydrogen-bond acceptors (Lipinski definition) is 4. The summed E-state index contributed by atoms with van der Waals surface area (Å²) in [6, 6.07) is 10.4. The highest BCUT2D eigenvalue weighted by Gasteiger charge is 2.41. The van der Waals surface area contributed by atoms with Crippen molar-refractivity contribution in [3.05, 3.63) is 35.9 Å². The average Bonchev–Trinajstić information content (AvgIpc) is 2.48. The Labute approximate surface area is 132 Å². The molecule has 22 heavy (non-hydrogen) atoms. The van der Waals surface area contributed by atoms with Gasteiger partial charge in [-0.2, -0.15) is 0 Å². The molecule has 0 aliphatic heterocycles. The SMILES string of the molecule is C[C@@H]1CC[C@@H](C(C)(C)c2ccccc2)[C@H](OC(=O)/C=N/O)C1. The van der Waals surface area contributed by atoms with Gasteiger partial charge in [0.25, 0.3) is 0 Å². The van der Waals surface area contributed by atoms with Gasteiger partial charge in [0, 0.05) is 5.92 Å². The molecule has 0 aromatic heterocycles. The number of rotatable bonds is 4. The molecule has 0 saturated heterocycles. The number of carbonyl (C=O) groups excluding carboxylic acids is 1. The van der Waals surface area contributed by atoms with E-state index in [1.165, 1.54) is 5.56 Å². The van der Waals surface area contributed by atoms with Crippen LogP contribution in [0.25, 0.3) is 0 Å². The monoisotopic (exact) mass is 303 g/mol. The summed E-state index contributed by atoms with van der Waals surface area (Å²) in [5.74, 6) is 0.212. The average molecular weight is 303 g/mol. The molecule has 0 bridgehead atoms. The highest BCUT2D eigenvalue weighted by molar-refractivity contribution is 6.22. The smallest absolute Gasteiger partial charge is 0.353 e. The van der Waals surface area contributed by atoms with Crippen LogP contribution in [0.4, 0.5) is 0 Å². The van der Waals surface area contributed by atoms with Gasteiger partial charge in [-0.1, -0.05) is 62.7 Å². The zero-order chi connectivity index (χ0) is 16.2. The van der Waals surface area contributed by atoms with E-state index in [0.717, 1.165) is 25.5 Å². The Balaban J connectivity index is 2.23. The second-order valence-corrected chi connectivity index (χ2v) is 6.83. The van der Waals surface area contributed by atoms with E-state index < -0.39 is 5.97 Å². The lowest BCUT2D eigenvalue weighted by molar-refractivity contribution is -0.147. The molecule has 0 heterocycles. The van der Waals surface area contributed by atoms with Crippen LogP contribution in [0.15, 0.2) is 35.5 Å². The summed E-state index contributed by atoms with van der Waals surface area (Å²) in [4.78, 5) is 11.7. The molecule has 1 aromatic rings. The molecule has 3 atom stereocenters. The van der Waals surface area contributed by atoms with Crippen molar-refractivity contribution in [1.29, 1.82) is 0 Å². The van der Waals surface area contributed by atoms with Gasteiger partial charge in [-0.05, 0) is 29.7 Å². The number of hydrogen-bond donors (Lipinski definition) is 1. The third-order valence-electron chi connectivity index (χ3n) is 4.93. The summed E-state index contributed by atoms with van der Waals surface area (Å²) < 4.78 is 5.57. The largest absolute Gasteiger partial charge is 0.458 e. The first-order chi connectivity index (χ1) is 10.4. The van der Waals surface area contributed by atoms with Gasteiger partial charge in [0.2, 0.25) is 0 Å². The molecule has 4 nitrogen and oxygen atoms in total. The first-order valence-corrected chi connectivity index (χ1v) is 7.88. The lowest BCUT2D eigenvalue weighted by atomic mass is 9.64. The summed E-state index contributed by atoms with van der Waals surface area (Å²) in [5.41, 5.74) is 1.18. The molecule has 1 saturated carbocycles. The molecule has 1 aliphatic rings. The molecule has 0 unspecified atom stereocenters. The molecule has 4 heteroatoms. The van der Waals surface area contributed by atoms with Crippen LogP contribution in [-0.2, 0) is 14.9 Å². The Morgan fingerprint density at radius 2 is 2.00 bits per heavy atom. The summed E-state index contributed by atoms with van der Waals surface area (Å²) in [5, 5.41) is 11.3. The van der Waals surface area contributed by atoms with Crippen molar-refractivity contribution in [2.24, 2.45) is 17.0 Å². The maximum Gasteiger partial charge on any atom is 0.353 e. The summed E-state index contributed by atoms with van der Waals surface area (Å²) in [7, 11) is 0. The van der Waals surface area contributed by atoms with Gasteiger partial charge in [-0.3, -0.25) is 0 Å². The lowest BCUT2D eigenvalue weighted by Gasteiger charge is -2.43. The molecule has 0 amide bonds.